The molecule has 1 saturated heterocycles. The highest BCUT2D eigenvalue weighted by Gasteiger charge is 2.23. The average molecular weight is 434 g/mol. The van der Waals surface area contributed by atoms with E-state index in [1.165, 1.54) is 0 Å². The van der Waals surface area contributed by atoms with Crippen LogP contribution in [0.25, 0.3) is 0 Å². The van der Waals surface area contributed by atoms with Crippen molar-refractivity contribution in [2.24, 2.45) is 0 Å². The molecule has 2 aromatic heterocycles. The number of anilines is 1. The van der Waals surface area contributed by atoms with Crippen molar-refractivity contribution in [2.45, 2.75) is 19.4 Å². The fraction of sp³-hybridized carbons (Fsp3) is 0.292. The first-order valence-corrected chi connectivity index (χ1v) is 10.7. The number of amides is 2. The molecule has 0 aliphatic carbocycles. The third-order valence-electron chi connectivity index (χ3n) is 5.38. The van der Waals surface area contributed by atoms with Crippen molar-refractivity contribution in [1.82, 2.24) is 14.8 Å². The predicted molar refractivity (Wildman–Crippen MR) is 119 cm³/mol. The summed E-state index contributed by atoms with van der Waals surface area (Å²) in [5.74, 6) is 0.163. The molecule has 2 amide bonds. The third kappa shape index (κ3) is 5.53. The molecule has 3 heterocycles. The van der Waals surface area contributed by atoms with Crippen LogP contribution >= 0.6 is 0 Å². The molecule has 0 radical (unpaired) electrons. The number of ketones is 1. The van der Waals surface area contributed by atoms with E-state index in [9.17, 15) is 14.4 Å². The van der Waals surface area contributed by atoms with Gasteiger partial charge in [-0.15, -0.1) is 0 Å². The Balaban J connectivity index is 1.41. The van der Waals surface area contributed by atoms with Crippen LogP contribution in [0.3, 0.4) is 0 Å². The smallest absolute Gasteiger partial charge is 0.270 e. The minimum absolute atomic E-state index is 0.0120. The van der Waals surface area contributed by atoms with E-state index >= 15 is 0 Å². The number of para-hydroxylation sites is 1. The second-order valence-corrected chi connectivity index (χ2v) is 7.86. The summed E-state index contributed by atoms with van der Waals surface area (Å²) in [6, 6.07) is 14.3. The number of aromatic amines is 1. The molecule has 1 aliphatic rings. The highest BCUT2D eigenvalue weighted by Crippen LogP contribution is 2.15. The van der Waals surface area contributed by atoms with Crippen LogP contribution in [-0.2, 0) is 11.3 Å². The van der Waals surface area contributed by atoms with Crippen LogP contribution in [0.4, 0.5) is 5.69 Å². The van der Waals surface area contributed by atoms with Gasteiger partial charge in [0.25, 0.3) is 5.91 Å². The summed E-state index contributed by atoms with van der Waals surface area (Å²) in [6.07, 6.45) is 5.12. The van der Waals surface area contributed by atoms with Gasteiger partial charge in [-0.2, -0.15) is 0 Å². The maximum atomic E-state index is 12.9. The molecule has 1 fully saturated rings. The molecule has 166 valence electrons. The number of hydrogen-bond acceptors (Lipinski definition) is 5. The molecule has 8 heteroatoms. The van der Waals surface area contributed by atoms with Gasteiger partial charge in [0.05, 0.1) is 25.9 Å². The van der Waals surface area contributed by atoms with Crippen LogP contribution in [0.2, 0.25) is 0 Å². The van der Waals surface area contributed by atoms with E-state index in [-0.39, 0.29) is 30.7 Å². The van der Waals surface area contributed by atoms with E-state index in [4.69, 9.17) is 4.42 Å². The summed E-state index contributed by atoms with van der Waals surface area (Å²) >= 11 is 0. The lowest BCUT2D eigenvalue weighted by Crippen LogP contribution is -2.36. The molecule has 3 aromatic rings. The summed E-state index contributed by atoms with van der Waals surface area (Å²) < 4.78 is 5.40. The molecule has 0 atom stereocenters. The molecule has 0 unspecified atom stereocenters. The first-order chi connectivity index (χ1) is 15.6. The quantitative estimate of drug-likeness (QED) is 0.504. The van der Waals surface area contributed by atoms with Gasteiger partial charge < -0.3 is 19.6 Å². The molecule has 0 bridgehead atoms. The van der Waals surface area contributed by atoms with Crippen molar-refractivity contribution >= 4 is 23.3 Å². The SMILES string of the molecule is O=C(CN(CC(=O)c1c[nH]c(C(=O)N2CCCC2)c1)Cc1ccco1)Nc1ccccc1. The average Bonchev–Trinajstić information content (AvgIpc) is 3.56. The van der Waals surface area contributed by atoms with Crippen LogP contribution in [0.5, 0.6) is 0 Å². The normalized spacial score (nSPS) is 13.5. The second kappa shape index (κ2) is 10.1. The predicted octanol–water partition coefficient (Wildman–Crippen LogP) is 3.17. The maximum Gasteiger partial charge on any atom is 0.270 e. The van der Waals surface area contributed by atoms with Crippen molar-refractivity contribution in [3.63, 3.8) is 0 Å². The highest BCUT2D eigenvalue weighted by atomic mass is 16.3. The molecule has 2 N–H and O–H groups in total. The van der Waals surface area contributed by atoms with Crippen molar-refractivity contribution in [1.29, 1.82) is 0 Å². The number of hydrogen-bond donors (Lipinski definition) is 2. The van der Waals surface area contributed by atoms with Gasteiger partial charge in [0.2, 0.25) is 5.91 Å². The van der Waals surface area contributed by atoms with Crippen LogP contribution in [0, 0.1) is 0 Å². The zero-order valence-corrected chi connectivity index (χ0v) is 17.8. The lowest BCUT2D eigenvalue weighted by molar-refractivity contribution is -0.117. The Kier molecular flexibility index (Phi) is 6.81. The molecule has 8 nitrogen and oxygen atoms in total. The number of Topliss-reactive ketones (excluding diaryl/α,β-unsaturated/α-hetero) is 1. The first-order valence-electron chi connectivity index (χ1n) is 10.7. The van der Waals surface area contributed by atoms with E-state index in [1.54, 1.807) is 52.6 Å². The standard InChI is InChI=1S/C24H26N4O4/c29-22(18-13-21(25-14-18)24(31)28-10-4-5-11-28)16-27(15-20-9-6-12-32-20)17-23(30)26-19-7-2-1-3-8-19/h1-3,6-9,12-14,25H,4-5,10-11,15-17H2,(H,26,30). The Labute approximate surface area is 186 Å². The molecule has 1 aromatic carbocycles. The number of nitrogens with one attached hydrogen (secondary N) is 2. The lowest BCUT2D eigenvalue weighted by Gasteiger charge is -2.19. The Bertz CT molecular complexity index is 1050. The monoisotopic (exact) mass is 434 g/mol. The second-order valence-electron chi connectivity index (χ2n) is 7.86. The van der Waals surface area contributed by atoms with Gasteiger partial charge in [0.1, 0.15) is 11.5 Å². The Morgan fingerprint density at radius 1 is 1.03 bits per heavy atom. The van der Waals surface area contributed by atoms with E-state index < -0.39 is 0 Å². The zero-order valence-electron chi connectivity index (χ0n) is 17.8. The summed E-state index contributed by atoms with van der Waals surface area (Å²) in [6.45, 7) is 1.83. The topological polar surface area (TPSA) is 98.7 Å². The van der Waals surface area contributed by atoms with E-state index in [0.29, 0.717) is 29.2 Å². The van der Waals surface area contributed by atoms with Gasteiger partial charge in [0.15, 0.2) is 5.78 Å². The number of furan rings is 1. The number of carbonyl (C=O) groups is 3. The Morgan fingerprint density at radius 3 is 2.53 bits per heavy atom. The van der Waals surface area contributed by atoms with E-state index in [0.717, 1.165) is 25.9 Å². The van der Waals surface area contributed by atoms with Gasteiger partial charge in [-0.05, 0) is 43.2 Å². The van der Waals surface area contributed by atoms with Crippen LogP contribution < -0.4 is 5.32 Å². The van der Waals surface area contributed by atoms with Gasteiger partial charge in [-0.1, -0.05) is 18.2 Å². The largest absolute Gasteiger partial charge is 0.468 e. The number of aromatic nitrogens is 1. The Hall–Kier alpha value is -3.65. The molecule has 1 aliphatic heterocycles. The number of rotatable bonds is 9. The number of H-pyrrole nitrogens is 1. The van der Waals surface area contributed by atoms with E-state index in [2.05, 4.69) is 10.3 Å². The Morgan fingerprint density at radius 2 is 1.81 bits per heavy atom. The van der Waals surface area contributed by atoms with Gasteiger partial charge in [0, 0.05) is 30.5 Å². The van der Waals surface area contributed by atoms with Crippen molar-refractivity contribution in [2.75, 3.05) is 31.5 Å². The maximum absolute atomic E-state index is 12.9. The van der Waals surface area contributed by atoms with Crippen molar-refractivity contribution < 1.29 is 18.8 Å². The summed E-state index contributed by atoms with van der Waals surface area (Å²) in [5.41, 5.74) is 1.52. The third-order valence-corrected chi connectivity index (χ3v) is 5.38. The van der Waals surface area contributed by atoms with Crippen molar-refractivity contribution in [3.8, 4) is 0 Å². The fourth-order valence-corrected chi connectivity index (χ4v) is 3.78. The number of nitrogens with zero attached hydrogens (tertiary/aromatic N) is 2. The summed E-state index contributed by atoms with van der Waals surface area (Å²) in [5, 5.41) is 2.84. The van der Waals surface area contributed by atoms with Gasteiger partial charge in [-0.25, -0.2) is 0 Å². The molecular weight excluding hydrogens is 408 g/mol. The molecule has 0 spiro atoms. The van der Waals surface area contributed by atoms with Gasteiger partial charge in [-0.3, -0.25) is 19.3 Å². The van der Waals surface area contributed by atoms with Crippen LogP contribution in [0.15, 0.2) is 65.4 Å². The summed E-state index contributed by atoms with van der Waals surface area (Å²) in [4.78, 5) is 44.5. The van der Waals surface area contributed by atoms with Crippen LogP contribution in [0.1, 0.15) is 39.4 Å². The van der Waals surface area contributed by atoms with E-state index in [1.807, 2.05) is 18.2 Å². The zero-order chi connectivity index (χ0) is 22.3. The molecule has 4 rings (SSSR count). The van der Waals surface area contributed by atoms with Gasteiger partial charge >= 0.3 is 0 Å². The fourth-order valence-electron chi connectivity index (χ4n) is 3.78. The van der Waals surface area contributed by atoms with Crippen LogP contribution in [-0.4, -0.2) is 58.6 Å². The lowest BCUT2D eigenvalue weighted by atomic mass is 10.2. The van der Waals surface area contributed by atoms with Crippen molar-refractivity contribution in [3.05, 3.63) is 78.0 Å². The minimum atomic E-state index is -0.227. The number of benzene rings is 1. The first kappa shape index (κ1) is 21.6. The highest BCUT2D eigenvalue weighted by molar-refractivity contribution is 6.01. The number of carbonyl (C=O) groups excluding carboxylic acids is 3. The number of likely N-dealkylation sites (tertiary alicyclic amines) is 1. The molecule has 32 heavy (non-hydrogen) atoms. The molecular formula is C24H26N4O4. The molecule has 0 saturated carbocycles. The minimum Gasteiger partial charge on any atom is -0.468 e. The summed E-state index contributed by atoms with van der Waals surface area (Å²) in [7, 11) is 0.